The van der Waals surface area contributed by atoms with Gasteiger partial charge in [0.05, 0.1) is 0 Å². The van der Waals surface area contributed by atoms with Crippen molar-refractivity contribution in [3.05, 3.63) is 36.0 Å². The molecule has 1 aromatic heterocycles. The summed E-state index contributed by atoms with van der Waals surface area (Å²) in [5.74, 6) is 1.37. The molecule has 6 nitrogen and oxygen atoms in total. The predicted molar refractivity (Wildman–Crippen MR) is 106 cm³/mol. The molecule has 26 heavy (non-hydrogen) atoms. The highest BCUT2D eigenvalue weighted by Crippen LogP contribution is 2.22. The maximum Gasteiger partial charge on any atom is 0.229 e. The van der Waals surface area contributed by atoms with Crippen LogP contribution in [0, 0.1) is 6.92 Å². The number of nitrogens with one attached hydrogen (secondary N) is 3. The van der Waals surface area contributed by atoms with Crippen molar-refractivity contribution in [2.24, 2.45) is 0 Å². The van der Waals surface area contributed by atoms with Crippen LogP contribution in [0.4, 0.5) is 23.1 Å². The molecule has 1 fully saturated rings. The molecule has 0 aliphatic heterocycles. The van der Waals surface area contributed by atoms with Gasteiger partial charge in [0.25, 0.3) is 0 Å². The molecule has 0 unspecified atom stereocenters. The van der Waals surface area contributed by atoms with E-state index in [1.54, 1.807) is 0 Å². The van der Waals surface area contributed by atoms with Crippen LogP contribution in [0.2, 0.25) is 0 Å². The number of carbonyl (C=O) groups excluding carboxylic acids is 1. The van der Waals surface area contributed by atoms with Crippen LogP contribution in [-0.4, -0.2) is 21.9 Å². The summed E-state index contributed by atoms with van der Waals surface area (Å²) in [5, 5.41) is 9.58. The van der Waals surface area contributed by atoms with Crippen molar-refractivity contribution in [2.45, 2.75) is 58.4 Å². The van der Waals surface area contributed by atoms with E-state index in [1.807, 2.05) is 37.3 Å². The van der Waals surface area contributed by atoms with Crippen LogP contribution in [0.1, 0.15) is 51.1 Å². The summed E-state index contributed by atoms with van der Waals surface area (Å²) < 4.78 is 0. The zero-order chi connectivity index (χ0) is 18.4. The minimum atomic E-state index is -0.0815. The normalized spacial score (nSPS) is 15.2. The lowest BCUT2D eigenvalue weighted by atomic mass is 10.1. The van der Waals surface area contributed by atoms with E-state index in [0.29, 0.717) is 12.0 Å². The number of nitrogens with zero attached hydrogens (tertiary/aromatic N) is 2. The first kappa shape index (κ1) is 18.2. The largest absolute Gasteiger partial charge is 0.367 e. The average molecular weight is 353 g/mol. The van der Waals surface area contributed by atoms with Crippen LogP contribution >= 0.6 is 0 Å². The summed E-state index contributed by atoms with van der Waals surface area (Å²) in [6.45, 7) is 3.47. The molecule has 0 spiro atoms. The third kappa shape index (κ3) is 5.44. The zero-order valence-electron chi connectivity index (χ0n) is 15.5. The molecule has 0 saturated heterocycles. The standard InChI is InChI=1S/C20H27N5O/c1-14-13-19(23-16-7-5-3-4-6-8-16)25-20(21-14)24-18-11-9-17(10-12-18)22-15(2)26/h9-13,16H,3-8H2,1-2H3,(H,22,26)(H2,21,23,24,25). The monoisotopic (exact) mass is 353 g/mol. The molecule has 1 saturated carbocycles. The van der Waals surface area contributed by atoms with Crippen molar-refractivity contribution in [3.63, 3.8) is 0 Å². The number of amides is 1. The second-order valence-electron chi connectivity index (χ2n) is 6.93. The van der Waals surface area contributed by atoms with E-state index in [-0.39, 0.29) is 5.91 Å². The molecular weight excluding hydrogens is 326 g/mol. The van der Waals surface area contributed by atoms with Gasteiger partial charge in [0.2, 0.25) is 11.9 Å². The van der Waals surface area contributed by atoms with E-state index in [9.17, 15) is 4.79 Å². The molecule has 6 heteroatoms. The number of hydrogen-bond acceptors (Lipinski definition) is 5. The van der Waals surface area contributed by atoms with Gasteiger partial charge in [0.15, 0.2) is 0 Å². The number of carbonyl (C=O) groups is 1. The summed E-state index contributed by atoms with van der Waals surface area (Å²) in [6, 6.07) is 9.99. The van der Waals surface area contributed by atoms with E-state index < -0.39 is 0 Å². The van der Waals surface area contributed by atoms with Crippen molar-refractivity contribution in [3.8, 4) is 0 Å². The van der Waals surface area contributed by atoms with Crippen LogP contribution in [-0.2, 0) is 4.79 Å². The number of hydrogen-bond donors (Lipinski definition) is 3. The first-order valence-corrected chi connectivity index (χ1v) is 9.35. The lowest BCUT2D eigenvalue weighted by Crippen LogP contribution is -2.19. The van der Waals surface area contributed by atoms with Gasteiger partial charge in [-0.05, 0) is 44.0 Å². The smallest absolute Gasteiger partial charge is 0.229 e. The minimum Gasteiger partial charge on any atom is -0.367 e. The molecule has 1 amide bonds. The quantitative estimate of drug-likeness (QED) is 0.684. The van der Waals surface area contributed by atoms with Gasteiger partial charge in [-0.2, -0.15) is 4.98 Å². The van der Waals surface area contributed by atoms with Gasteiger partial charge in [-0.3, -0.25) is 4.79 Å². The van der Waals surface area contributed by atoms with Crippen LogP contribution in [0.3, 0.4) is 0 Å². The van der Waals surface area contributed by atoms with Crippen molar-refractivity contribution in [2.75, 3.05) is 16.0 Å². The van der Waals surface area contributed by atoms with Crippen molar-refractivity contribution < 1.29 is 4.79 Å². The molecular formula is C20H27N5O. The van der Waals surface area contributed by atoms with Crippen LogP contribution in [0.5, 0.6) is 0 Å². The van der Waals surface area contributed by atoms with E-state index in [0.717, 1.165) is 22.9 Å². The topological polar surface area (TPSA) is 78.9 Å². The van der Waals surface area contributed by atoms with Crippen molar-refractivity contribution in [1.82, 2.24) is 9.97 Å². The predicted octanol–water partition coefficient (Wildman–Crippen LogP) is 4.62. The Morgan fingerprint density at radius 3 is 2.31 bits per heavy atom. The zero-order valence-corrected chi connectivity index (χ0v) is 15.5. The number of aromatic nitrogens is 2. The lowest BCUT2D eigenvalue weighted by molar-refractivity contribution is -0.114. The van der Waals surface area contributed by atoms with Gasteiger partial charge in [-0.25, -0.2) is 4.98 Å². The number of benzene rings is 1. The Kier molecular flexibility index (Phi) is 6.04. The highest BCUT2D eigenvalue weighted by atomic mass is 16.1. The van der Waals surface area contributed by atoms with Crippen molar-refractivity contribution in [1.29, 1.82) is 0 Å². The molecule has 2 aromatic rings. The Morgan fingerprint density at radius 1 is 1.00 bits per heavy atom. The van der Waals surface area contributed by atoms with Crippen LogP contribution < -0.4 is 16.0 Å². The highest BCUT2D eigenvalue weighted by Gasteiger charge is 2.13. The van der Waals surface area contributed by atoms with E-state index in [2.05, 4.69) is 25.9 Å². The van der Waals surface area contributed by atoms with Gasteiger partial charge in [0, 0.05) is 36.1 Å². The molecule has 1 aliphatic carbocycles. The summed E-state index contributed by atoms with van der Waals surface area (Å²) in [5.41, 5.74) is 2.57. The fourth-order valence-corrected chi connectivity index (χ4v) is 3.30. The van der Waals surface area contributed by atoms with Gasteiger partial charge in [-0.15, -0.1) is 0 Å². The minimum absolute atomic E-state index is 0.0815. The Hall–Kier alpha value is -2.63. The Morgan fingerprint density at radius 2 is 1.65 bits per heavy atom. The van der Waals surface area contributed by atoms with Gasteiger partial charge in [0.1, 0.15) is 5.82 Å². The molecule has 1 aromatic carbocycles. The average Bonchev–Trinajstić information content (AvgIpc) is 2.84. The molecule has 0 radical (unpaired) electrons. The Labute approximate surface area is 154 Å². The Balaban J connectivity index is 1.67. The van der Waals surface area contributed by atoms with E-state index in [4.69, 9.17) is 0 Å². The lowest BCUT2D eigenvalue weighted by Gasteiger charge is -2.18. The maximum absolute atomic E-state index is 11.1. The van der Waals surface area contributed by atoms with Crippen molar-refractivity contribution >= 4 is 29.0 Å². The maximum atomic E-state index is 11.1. The fraction of sp³-hybridized carbons (Fsp3) is 0.450. The molecule has 3 N–H and O–H groups in total. The second-order valence-corrected chi connectivity index (χ2v) is 6.93. The van der Waals surface area contributed by atoms with Gasteiger partial charge >= 0.3 is 0 Å². The molecule has 0 bridgehead atoms. The van der Waals surface area contributed by atoms with Crippen LogP contribution in [0.15, 0.2) is 30.3 Å². The van der Waals surface area contributed by atoms with Gasteiger partial charge < -0.3 is 16.0 Å². The fourth-order valence-electron chi connectivity index (χ4n) is 3.30. The third-order valence-electron chi connectivity index (χ3n) is 4.52. The molecule has 1 heterocycles. The first-order chi connectivity index (χ1) is 12.6. The second kappa shape index (κ2) is 8.65. The molecule has 3 rings (SSSR count). The van der Waals surface area contributed by atoms with E-state index >= 15 is 0 Å². The molecule has 0 atom stereocenters. The molecule has 138 valence electrons. The Bertz CT molecular complexity index is 736. The number of aryl methyl sites for hydroxylation is 1. The first-order valence-electron chi connectivity index (χ1n) is 9.35. The molecule has 1 aliphatic rings. The van der Waals surface area contributed by atoms with Crippen LogP contribution in [0.25, 0.3) is 0 Å². The summed E-state index contributed by atoms with van der Waals surface area (Å²) >= 11 is 0. The number of anilines is 4. The highest BCUT2D eigenvalue weighted by molar-refractivity contribution is 5.88. The summed E-state index contributed by atoms with van der Waals surface area (Å²) in [6.07, 6.45) is 7.65. The third-order valence-corrected chi connectivity index (χ3v) is 4.52. The van der Waals surface area contributed by atoms with E-state index in [1.165, 1.54) is 45.4 Å². The summed E-state index contributed by atoms with van der Waals surface area (Å²) in [4.78, 5) is 20.2. The SMILES string of the molecule is CC(=O)Nc1ccc(Nc2nc(C)cc(NC3CCCCCC3)n2)cc1. The summed E-state index contributed by atoms with van der Waals surface area (Å²) in [7, 11) is 0. The van der Waals surface area contributed by atoms with Gasteiger partial charge in [-0.1, -0.05) is 25.7 Å². The number of rotatable bonds is 5.